The van der Waals surface area contributed by atoms with Crippen LogP contribution in [0.4, 0.5) is 13.2 Å². The lowest BCUT2D eigenvalue weighted by molar-refractivity contribution is -0.137. The lowest BCUT2D eigenvalue weighted by Gasteiger charge is -2.10. The maximum absolute atomic E-state index is 12.4. The zero-order valence-electron chi connectivity index (χ0n) is 11.4. The Kier molecular flexibility index (Phi) is 4.50. The minimum absolute atomic E-state index is 0.116. The summed E-state index contributed by atoms with van der Waals surface area (Å²) >= 11 is 0. The van der Waals surface area contributed by atoms with Crippen molar-refractivity contribution in [3.63, 3.8) is 0 Å². The Balaban J connectivity index is 2.05. The SMILES string of the molecule is CCOC(=NC1CC1)NC(=O)c1ccc(C(F)(F)F)cc1. The van der Waals surface area contributed by atoms with Gasteiger partial charge in [0.15, 0.2) is 0 Å². The Bertz CT molecular complexity index is 534. The second-order valence-corrected chi connectivity index (χ2v) is 4.63. The monoisotopic (exact) mass is 300 g/mol. The second-order valence-electron chi connectivity index (χ2n) is 4.63. The minimum atomic E-state index is -4.42. The smallest absolute Gasteiger partial charge is 0.416 e. The molecule has 1 aliphatic rings. The van der Waals surface area contributed by atoms with Gasteiger partial charge in [-0.25, -0.2) is 4.99 Å². The molecular weight excluding hydrogens is 285 g/mol. The fourth-order valence-corrected chi connectivity index (χ4v) is 1.59. The molecule has 1 saturated carbocycles. The molecule has 1 aromatic carbocycles. The Labute approximate surface area is 120 Å². The number of rotatable bonds is 3. The van der Waals surface area contributed by atoms with Gasteiger partial charge >= 0.3 is 6.18 Å². The molecule has 21 heavy (non-hydrogen) atoms. The van der Waals surface area contributed by atoms with Crippen molar-refractivity contribution in [2.75, 3.05) is 6.61 Å². The summed E-state index contributed by atoms with van der Waals surface area (Å²) in [6.45, 7) is 2.10. The number of amidine groups is 1. The third-order valence-electron chi connectivity index (χ3n) is 2.82. The Hall–Kier alpha value is -2.05. The number of halogens is 3. The van der Waals surface area contributed by atoms with E-state index in [9.17, 15) is 18.0 Å². The van der Waals surface area contributed by atoms with Crippen LogP contribution >= 0.6 is 0 Å². The maximum atomic E-state index is 12.4. The van der Waals surface area contributed by atoms with E-state index in [0.29, 0.717) is 6.61 Å². The van der Waals surface area contributed by atoms with Crippen LogP contribution in [0.1, 0.15) is 35.7 Å². The molecule has 2 rings (SSSR count). The molecule has 114 valence electrons. The molecule has 7 heteroatoms. The Morgan fingerprint density at radius 2 is 1.95 bits per heavy atom. The highest BCUT2D eigenvalue weighted by atomic mass is 19.4. The van der Waals surface area contributed by atoms with Crippen LogP contribution in [0.15, 0.2) is 29.3 Å². The zero-order valence-corrected chi connectivity index (χ0v) is 11.4. The molecule has 4 nitrogen and oxygen atoms in total. The molecule has 0 spiro atoms. The van der Waals surface area contributed by atoms with Crippen LogP contribution in [-0.2, 0) is 10.9 Å². The Morgan fingerprint density at radius 1 is 1.33 bits per heavy atom. The number of nitrogens with zero attached hydrogens (tertiary/aromatic N) is 1. The first-order valence-corrected chi connectivity index (χ1v) is 6.59. The molecule has 1 fully saturated rings. The number of carbonyl (C=O) groups is 1. The number of ether oxygens (including phenoxy) is 1. The van der Waals surface area contributed by atoms with Gasteiger partial charge in [-0.2, -0.15) is 13.2 Å². The lowest BCUT2D eigenvalue weighted by atomic mass is 10.1. The number of aliphatic imine (C=N–C) groups is 1. The van der Waals surface area contributed by atoms with Gasteiger partial charge in [0.1, 0.15) is 0 Å². The molecule has 0 heterocycles. The first-order chi connectivity index (χ1) is 9.90. The van der Waals surface area contributed by atoms with Gasteiger partial charge < -0.3 is 4.74 Å². The fraction of sp³-hybridized carbons (Fsp3) is 0.429. The van der Waals surface area contributed by atoms with Crippen molar-refractivity contribution >= 4 is 11.9 Å². The zero-order chi connectivity index (χ0) is 15.5. The molecule has 0 atom stereocenters. The average molecular weight is 300 g/mol. The second kappa shape index (κ2) is 6.15. The summed E-state index contributed by atoms with van der Waals surface area (Å²) in [6.07, 6.45) is -2.52. The maximum Gasteiger partial charge on any atom is 0.416 e. The molecule has 0 unspecified atom stereocenters. The largest absolute Gasteiger partial charge is 0.465 e. The van der Waals surface area contributed by atoms with Crippen LogP contribution < -0.4 is 5.32 Å². The molecule has 0 bridgehead atoms. The standard InChI is InChI=1S/C14H15F3N2O2/c1-2-21-13(18-11-7-8-11)19-12(20)9-3-5-10(6-4-9)14(15,16)17/h3-6,11H,2,7-8H2,1H3,(H,18,19,20). The first-order valence-electron chi connectivity index (χ1n) is 6.59. The molecule has 0 saturated heterocycles. The van der Waals surface area contributed by atoms with Crippen molar-refractivity contribution in [1.29, 1.82) is 0 Å². The number of hydrogen-bond acceptors (Lipinski definition) is 3. The van der Waals surface area contributed by atoms with Crippen LogP contribution in [0.3, 0.4) is 0 Å². The third-order valence-corrected chi connectivity index (χ3v) is 2.82. The van der Waals surface area contributed by atoms with E-state index in [4.69, 9.17) is 4.74 Å². The van der Waals surface area contributed by atoms with Crippen LogP contribution in [0, 0.1) is 0 Å². The van der Waals surface area contributed by atoms with Crippen LogP contribution in [0.2, 0.25) is 0 Å². The molecule has 0 aromatic heterocycles. The van der Waals surface area contributed by atoms with Gasteiger partial charge in [0.25, 0.3) is 11.9 Å². The van der Waals surface area contributed by atoms with E-state index < -0.39 is 17.6 Å². The molecule has 0 aliphatic heterocycles. The van der Waals surface area contributed by atoms with Crippen LogP contribution in [-0.4, -0.2) is 24.6 Å². The summed E-state index contributed by atoms with van der Waals surface area (Å²) in [6, 6.07) is 4.27. The highest BCUT2D eigenvalue weighted by Crippen LogP contribution is 2.29. The van der Waals surface area contributed by atoms with E-state index in [0.717, 1.165) is 37.1 Å². The fourth-order valence-electron chi connectivity index (χ4n) is 1.59. The number of nitrogens with one attached hydrogen (secondary N) is 1. The number of alkyl halides is 3. The topological polar surface area (TPSA) is 50.7 Å². The predicted molar refractivity (Wildman–Crippen MR) is 71.0 cm³/mol. The van der Waals surface area contributed by atoms with Crippen molar-refractivity contribution in [3.05, 3.63) is 35.4 Å². The van der Waals surface area contributed by atoms with Crippen LogP contribution in [0.25, 0.3) is 0 Å². The molecule has 1 N–H and O–H groups in total. The van der Waals surface area contributed by atoms with E-state index in [2.05, 4.69) is 10.3 Å². The Morgan fingerprint density at radius 3 is 2.43 bits per heavy atom. The van der Waals surface area contributed by atoms with Gasteiger partial charge in [-0.05, 0) is 44.0 Å². The first kappa shape index (κ1) is 15.3. The van der Waals surface area contributed by atoms with E-state index in [-0.39, 0.29) is 17.6 Å². The van der Waals surface area contributed by atoms with Gasteiger partial charge in [0.2, 0.25) is 0 Å². The van der Waals surface area contributed by atoms with Gasteiger partial charge in [-0.3, -0.25) is 10.1 Å². The van der Waals surface area contributed by atoms with Gasteiger partial charge in [0.05, 0.1) is 18.2 Å². The number of hydrogen-bond donors (Lipinski definition) is 1. The van der Waals surface area contributed by atoms with Gasteiger partial charge in [-0.15, -0.1) is 0 Å². The van der Waals surface area contributed by atoms with Crippen molar-refractivity contribution < 1.29 is 22.7 Å². The molecular formula is C14H15F3N2O2. The molecule has 1 amide bonds. The van der Waals surface area contributed by atoms with E-state index >= 15 is 0 Å². The minimum Gasteiger partial charge on any atom is -0.465 e. The summed E-state index contributed by atoms with van der Waals surface area (Å²) in [5, 5.41) is 2.47. The number of benzene rings is 1. The van der Waals surface area contributed by atoms with E-state index in [1.165, 1.54) is 0 Å². The molecule has 1 aliphatic carbocycles. The number of carbonyl (C=O) groups excluding carboxylic acids is 1. The molecule has 0 radical (unpaired) electrons. The normalized spacial score (nSPS) is 15.7. The highest BCUT2D eigenvalue weighted by Gasteiger charge is 2.30. The van der Waals surface area contributed by atoms with Crippen molar-refractivity contribution in [2.45, 2.75) is 32.0 Å². The van der Waals surface area contributed by atoms with Crippen molar-refractivity contribution in [2.24, 2.45) is 4.99 Å². The average Bonchev–Trinajstić information content (AvgIpc) is 3.22. The lowest BCUT2D eigenvalue weighted by Crippen LogP contribution is -2.33. The summed E-state index contributed by atoms with van der Waals surface area (Å²) in [7, 11) is 0. The van der Waals surface area contributed by atoms with E-state index in [1.54, 1.807) is 6.92 Å². The highest BCUT2D eigenvalue weighted by molar-refractivity contribution is 6.04. The predicted octanol–water partition coefficient (Wildman–Crippen LogP) is 2.99. The van der Waals surface area contributed by atoms with Crippen LogP contribution in [0.5, 0.6) is 0 Å². The summed E-state index contributed by atoms with van der Waals surface area (Å²) in [4.78, 5) is 16.1. The van der Waals surface area contributed by atoms with Crippen molar-refractivity contribution in [3.8, 4) is 0 Å². The van der Waals surface area contributed by atoms with Gasteiger partial charge in [-0.1, -0.05) is 0 Å². The summed E-state index contributed by atoms with van der Waals surface area (Å²) in [5.41, 5.74) is -0.679. The van der Waals surface area contributed by atoms with E-state index in [1.807, 2.05) is 0 Å². The van der Waals surface area contributed by atoms with Crippen molar-refractivity contribution in [1.82, 2.24) is 5.32 Å². The third kappa shape index (κ3) is 4.47. The molecule has 1 aromatic rings. The number of amides is 1. The summed E-state index contributed by atoms with van der Waals surface area (Å²) < 4.78 is 42.5. The quantitative estimate of drug-likeness (QED) is 0.689. The summed E-state index contributed by atoms with van der Waals surface area (Å²) in [5.74, 6) is -0.545. The van der Waals surface area contributed by atoms with Gasteiger partial charge in [0, 0.05) is 5.56 Å².